The molecule has 0 bridgehead atoms. The molecule has 0 aliphatic carbocycles. The highest BCUT2D eigenvalue weighted by Crippen LogP contribution is 2.25. The number of carbonyl (C=O) groups is 2. The Morgan fingerprint density at radius 1 is 1.05 bits per heavy atom. The second-order valence-electron chi connectivity index (χ2n) is 7.36. The maximum Gasteiger partial charge on any atom is 0.307 e. The van der Waals surface area contributed by atoms with Crippen LogP contribution in [0.3, 0.4) is 0 Å². The number of carboxylic acid groups (broad SMARTS) is 1. The second-order valence-corrected chi connectivity index (χ2v) is 7.36. The molecule has 4 heteroatoms. The predicted molar refractivity (Wildman–Crippen MR) is 88.6 cm³/mol. The van der Waals surface area contributed by atoms with Crippen molar-refractivity contribution in [1.82, 2.24) is 4.90 Å². The monoisotopic (exact) mass is 311 g/mol. The highest BCUT2D eigenvalue weighted by molar-refractivity contribution is 5.84. The molecule has 1 N–H and O–H groups in total. The Labute approximate surface area is 135 Å². The first kappa shape index (κ1) is 19.0. The summed E-state index contributed by atoms with van der Waals surface area (Å²) in [6.07, 6.45) is 7.33. The summed E-state index contributed by atoms with van der Waals surface area (Å²) in [6, 6.07) is 0. The first-order valence-corrected chi connectivity index (χ1v) is 8.84. The van der Waals surface area contributed by atoms with Gasteiger partial charge in [-0.15, -0.1) is 0 Å². The van der Waals surface area contributed by atoms with Crippen molar-refractivity contribution >= 4 is 11.9 Å². The van der Waals surface area contributed by atoms with E-state index in [0.717, 1.165) is 37.8 Å². The quantitative estimate of drug-likeness (QED) is 0.694. The van der Waals surface area contributed by atoms with Crippen LogP contribution in [-0.2, 0) is 9.59 Å². The maximum absolute atomic E-state index is 12.3. The van der Waals surface area contributed by atoms with Crippen molar-refractivity contribution in [3.63, 3.8) is 0 Å². The molecule has 0 spiro atoms. The molecule has 0 aromatic rings. The van der Waals surface area contributed by atoms with E-state index in [4.69, 9.17) is 5.11 Å². The first-order valence-electron chi connectivity index (χ1n) is 8.84. The number of carboxylic acids is 1. The van der Waals surface area contributed by atoms with Gasteiger partial charge in [0.25, 0.3) is 0 Å². The molecule has 1 saturated heterocycles. The van der Waals surface area contributed by atoms with E-state index in [2.05, 4.69) is 13.8 Å². The van der Waals surface area contributed by atoms with Crippen molar-refractivity contribution in [3.05, 3.63) is 0 Å². The molecule has 2 atom stereocenters. The molecule has 1 aliphatic rings. The van der Waals surface area contributed by atoms with E-state index in [9.17, 15) is 9.59 Å². The molecule has 1 amide bonds. The van der Waals surface area contributed by atoms with Crippen LogP contribution in [0.25, 0.3) is 0 Å². The van der Waals surface area contributed by atoms with Gasteiger partial charge < -0.3 is 10.0 Å². The molecule has 1 rings (SSSR count). The summed E-state index contributed by atoms with van der Waals surface area (Å²) in [6.45, 7) is 9.48. The zero-order valence-corrected chi connectivity index (χ0v) is 14.7. The average molecular weight is 311 g/mol. The molecule has 0 saturated carbocycles. The minimum absolute atomic E-state index is 0.00755. The number of hydrogen-bond acceptors (Lipinski definition) is 2. The third-order valence-corrected chi connectivity index (χ3v) is 5.10. The lowest BCUT2D eigenvalue weighted by Crippen LogP contribution is -2.43. The normalized spacial score (nSPS) is 19.2. The Morgan fingerprint density at radius 2 is 1.64 bits per heavy atom. The lowest BCUT2D eigenvalue weighted by Gasteiger charge is -2.34. The smallest absolute Gasteiger partial charge is 0.307 e. The molecule has 2 unspecified atom stereocenters. The first-order chi connectivity index (χ1) is 10.3. The van der Waals surface area contributed by atoms with Crippen LogP contribution in [0.4, 0.5) is 0 Å². The van der Waals surface area contributed by atoms with Crippen LogP contribution in [0, 0.1) is 23.7 Å². The number of aliphatic carboxylic acids is 1. The Bertz CT molecular complexity index is 359. The molecular weight excluding hydrogens is 278 g/mol. The molecule has 0 aromatic heterocycles. The number of carbonyl (C=O) groups excluding carboxylic acids is 1. The fourth-order valence-corrected chi connectivity index (χ4v) is 3.14. The lowest BCUT2D eigenvalue weighted by atomic mass is 9.89. The van der Waals surface area contributed by atoms with Crippen LogP contribution in [-0.4, -0.2) is 35.0 Å². The topological polar surface area (TPSA) is 57.6 Å². The number of likely N-dealkylation sites (tertiary alicyclic amines) is 1. The van der Waals surface area contributed by atoms with E-state index >= 15 is 0 Å². The third-order valence-electron chi connectivity index (χ3n) is 5.10. The molecule has 0 aromatic carbocycles. The maximum atomic E-state index is 12.3. The highest BCUT2D eigenvalue weighted by atomic mass is 16.4. The lowest BCUT2D eigenvalue weighted by molar-refractivity contribution is -0.149. The summed E-state index contributed by atoms with van der Waals surface area (Å²) >= 11 is 0. The van der Waals surface area contributed by atoms with Crippen molar-refractivity contribution in [3.8, 4) is 0 Å². The van der Waals surface area contributed by atoms with Gasteiger partial charge in [-0.1, -0.05) is 53.4 Å². The van der Waals surface area contributed by atoms with Gasteiger partial charge in [-0.3, -0.25) is 9.59 Å². The van der Waals surface area contributed by atoms with Gasteiger partial charge in [-0.05, 0) is 24.7 Å². The Morgan fingerprint density at radius 3 is 2.14 bits per heavy atom. The van der Waals surface area contributed by atoms with Crippen molar-refractivity contribution in [2.24, 2.45) is 23.7 Å². The SMILES string of the molecule is CC(C)CCCCC1CCN(C(=O)C(C)C(C)C(=O)O)CC1. The third kappa shape index (κ3) is 5.98. The zero-order valence-electron chi connectivity index (χ0n) is 14.7. The van der Waals surface area contributed by atoms with Crippen molar-refractivity contribution < 1.29 is 14.7 Å². The van der Waals surface area contributed by atoms with Gasteiger partial charge in [0.2, 0.25) is 5.91 Å². The predicted octanol–water partition coefficient (Wildman–Crippen LogP) is 3.80. The molecule has 1 fully saturated rings. The van der Waals surface area contributed by atoms with Gasteiger partial charge in [0, 0.05) is 19.0 Å². The van der Waals surface area contributed by atoms with Crippen molar-refractivity contribution in [2.75, 3.05) is 13.1 Å². The fourth-order valence-electron chi connectivity index (χ4n) is 3.14. The van der Waals surface area contributed by atoms with Gasteiger partial charge in [0.15, 0.2) is 0 Å². The largest absolute Gasteiger partial charge is 0.481 e. The Hall–Kier alpha value is -1.06. The number of amides is 1. The molecule has 128 valence electrons. The minimum Gasteiger partial charge on any atom is -0.481 e. The number of rotatable bonds is 8. The second kappa shape index (κ2) is 9.16. The van der Waals surface area contributed by atoms with E-state index in [1.165, 1.54) is 25.7 Å². The van der Waals surface area contributed by atoms with Gasteiger partial charge >= 0.3 is 5.97 Å². The van der Waals surface area contributed by atoms with Crippen LogP contribution in [0.5, 0.6) is 0 Å². The average Bonchev–Trinajstić information content (AvgIpc) is 2.49. The highest BCUT2D eigenvalue weighted by Gasteiger charge is 2.31. The van der Waals surface area contributed by atoms with Crippen molar-refractivity contribution in [2.45, 2.75) is 66.2 Å². The van der Waals surface area contributed by atoms with Gasteiger partial charge in [0.05, 0.1) is 5.92 Å². The zero-order chi connectivity index (χ0) is 16.7. The fraction of sp³-hybridized carbons (Fsp3) is 0.889. The number of unbranched alkanes of at least 4 members (excludes halogenated alkanes) is 1. The van der Waals surface area contributed by atoms with Gasteiger partial charge in [-0.25, -0.2) is 0 Å². The molecule has 1 aliphatic heterocycles. The molecule has 0 radical (unpaired) electrons. The van der Waals surface area contributed by atoms with Crippen LogP contribution in [0.1, 0.15) is 66.2 Å². The van der Waals surface area contributed by atoms with E-state index in [1.54, 1.807) is 13.8 Å². The van der Waals surface area contributed by atoms with Crippen LogP contribution < -0.4 is 0 Å². The van der Waals surface area contributed by atoms with Gasteiger partial charge in [-0.2, -0.15) is 0 Å². The molecule has 4 nitrogen and oxygen atoms in total. The van der Waals surface area contributed by atoms with Gasteiger partial charge in [0.1, 0.15) is 0 Å². The number of hydrogen-bond donors (Lipinski definition) is 1. The van der Waals surface area contributed by atoms with E-state index < -0.39 is 17.8 Å². The van der Waals surface area contributed by atoms with E-state index in [1.807, 2.05) is 4.90 Å². The van der Waals surface area contributed by atoms with Crippen LogP contribution in [0.2, 0.25) is 0 Å². The number of nitrogens with zero attached hydrogens (tertiary/aromatic N) is 1. The summed E-state index contributed by atoms with van der Waals surface area (Å²) in [5, 5.41) is 9.03. The summed E-state index contributed by atoms with van der Waals surface area (Å²) in [5.41, 5.74) is 0. The molecule has 1 heterocycles. The summed E-state index contributed by atoms with van der Waals surface area (Å²) in [5.74, 6) is -0.393. The Balaban J connectivity index is 2.29. The Kier molecular flexibility index (Phi) is 7.91. The minimum atomic E-state index is -0.888. The standard InChI is InChI=1S/C18H33NO3/c1-13(2)7-5-6-8-16-9-11-19(12-10-16)17(20)14(3)15(4)18(21)22/h13-16H,5-12H2,1-4H3,(H,21,22). The van der Waals surface area contributed by atoms with E-state index in [0.29, 0.717) is 0 Å². The molecule has 22 heavy (non-hydrogen) atoms. The summed E-state index contributed by atoms with van der Waals surface area (Å²) in [7, 11) is 0. The summed E-state index contributed by atoms with van der Waals surface area (Å²) < 4.78 is 0. The van der Waals surface area contributed by atoms with Crippen LogP contribution >= 0.6 is 0 Å². The van der Waals surface area contributed by atoms with Crippen molar-refractivity contribution in [1.29, 1.82) is 0 Å². The van der Waals surface area contributed by atoms with Crippen LogP contribution in [0.15, 0.2) is 0 Å². The van der Waals surface area contributed by atoms with E-state index in [-0.39, 0.29) is 5.91 Å². The summed E-state index contributed by atoms with van der Waals surface area (Å²) in [4.78, 5) is 25.2. The number of piperidine rings is 1. The molecular formula is C18H33NO3.